The zero-order chi connectivity index (χ0) is 16.0. The number of hydrogen-bond donors (Lipinski definition) is 1. The average molecular weight is 313 g/mol. The molecular weight excluding hydrogens is 290 g/mol. The summed E-state index contributed by atoms with van der Waals surface area (Å²) >= 11 is 0. The minimum Gasteiger partial charge on any atom is -0.341 e. The highest BCUT2D eigenvalue weighted by atomic mass is 16.2. The number of anilines is 1. The molecule has 5 heteroatoms. The lowest BCUT2D eigenvalue weighted by molar-refractivity contribution is 0.0781. The quantitative estimate of drug-likeness (QED) is 0.912. The number of carbonyl (C=O) groups is 2. The first-order chi connectivity index (χ1) is 11.1. The van der Waals surface area contributed by atoms with Crippen LogP contribution < -0.4 is 5.32 Å². The number of hydrogen-bond acceptors (Lipinski definition) is 2. The van der Waals surface area contributed by atoms with E-state index in [0.29, 0.717) is 17.2 Å². The number of nitrogens with zero attached hydrogens (tertiary/aromatic N) is 2. The normalized spacial score (nSPS) is 23.9. The third-order valence-corrected chi connectivity index (χ3v) is 5.46. The van der Waals surface area contributed by atoms with Crippen LogP contribution in [0.15, 0.2) is 18.2 Å². The van der Waals surface area contributed by atoms with Crippen molar-refractivity contribution in [1.29, 1.82) is 0 Å². The van der Waals surface area contributed by atoms with Crippen molar-refractivity contribution in [2.75, 3.05) is 32.0 Å². The predicted molar refractivity (Wildman–Crippen MR) is 88.5 cm³/mol. The first-order valence-electron chi connectivity index (χ1n) is 8.56. The first-order valence-corrected chi connectivity index (χ1v) is 8.56. The summed E-state index contributed by atoms with van der Waals surface area (Å²) < 4.78 is 0. The molecule has 1 aromatic carbocycles. The third-order valence-electron chi connectivity index (χ3n) is 5.46. The lowest BCUT2D eigenvalue weighted by Gasteiger charge is -2.25. The van der Waals surface area contributed by atoms with Gasteiger partial charge in [0.2, 0.25) is 0 Å². The number of carbonyl (C=O) groups excluding carboxylic acids is 2. The number of urea groups is 1. The van der Waals surface area contributed by atoms with Gasteiger partial charge >= 0.3 is 6.03 Å². The second-order valence-electron chi connectivity index (χ2n) is 7.11. The second kappa shape index (κ2) is 5.55. The molecular formula is C18H23N3O2. The molecule has 1 N–H and O–H groups in total. The van der Waals surface area contributed by atoms with Gasteiger partial charge in [-0.3, -0.25) is 4.79 Å². The van der Waals surface area contributed by atoms with E-state index in [9.17, 15) is 9.59 Å². The fourth-order valence-corrected chi connectivity index (χ4v) is 3.79. The Balaban J connectivity index is 1.44. The summed E-state index contributed by atoms with van der Waals surface area (Å²) in [6.07, 6.45) is 4.67. The van der Waals surface area contributed by atoms with Crippen LogP contribution in [-0.4, -0.2) is 48.4 Å². The molecule has 1 atom stereocenters. The standard InChI is InChI=1S/C18H23N3O2/c1-20-8-6-13-4-5-15(10-16(13)17(20)22)19-18(23)21-9-7-14(11-21)12-2-3-12/h4-5,10,12,14H,2-3,6-9,11H2,1H3,(H,19,23). The Morgan fingerprint density at radius 1 is 1.17 bits per heavy atom. The number of rotatable bonds is 2. The van der Waals surface area contributed by atoms with Crippen LogP contribution in [0.4, 0.5) is 10.5 Å². The highest BCUT2D eigenvalue weighted by Gasteiger charge is 2.37. The van der Waals surface area contributed by atoms with Crippen molar-refractivity contribution in [3.8, 4) is 0 Å². The van der Waals surface area contributed by atoms with E-state index >= 15 is 0 Å². The summed E-state index contributed by atoms with van der Waals surface area (Å²) in [5, 5.41) is 2.97. The van der Waals surface area contributed by atoms with Crippen LogP contribution in [0.1, 0.15) is 35.2 Å². The Hall–Kier alpha value is -2.04. The van der Waals surface area contributed by atoms with Gasteiger partial charge in [0.05, 0.1) is 0 Å². The van der Waals surface area contributed by atoms with E-state index in [-0.39, 0.29) is 11.9 Å². The SMILES string of the molecule is CN1CCc2ccc(NC(=O)N3CCC(C4CC4)C3)cc2C1=O. The molecule has 122 valence electrons. The van der Waals surface area contributed by atoms with Crippen molar-refractivity contribution in [2.45, 2.75) is 25.7 Å². The lowest BCUT2D eigenvalue weighted by atomic mass is 9.99. The predicted octanol–water partition coefficient (Wildman–Crippen LogP) is 2.58. The van der Waals surface area contributed by atoms with E-state index in [2.05, 4.69) is 5.32 Å². The smallest absolute Gasteiger partial charge is 0.321 e. The topological polar surface area (TPSA) is 52.7 Å². The minimum atomic E-state index is -0.0373. The molecule has 2 heterocycles. The van der Waals surface area contributed by atoms with Gasteiger partial charge in [0, 0.05) is 37.9 Å². The van der Waals surface area contributed by atoms with Gasteiger partial charge in [0.25, 0.3) is 5.91 Å². The summed E-state index contributed by atoms with van der Waals surface area (Å²) in [6, 6.07) is 5.65. The largest absolute Gasteiger partial charge is 0.341 e. The molecule has 2 aliphatic heterocycles. The number of fused-ring (bicyclic) bond motifs is 1. The summed E-state index contributed by atoms with van der Waals surface area (Å²) in [5.41, 5.74) is 2.50. The molecule has 3 aliphatic rings. The molecule has 2 fully saturated rings. The van der Waals surface area contributed by atoms with Crippen molar-refractivity contribution in [2.24, 2.45) is 11.8 Å². The lowest BCUT2D eigenvalue weighted by Crippen LogP contribution is -2.35. The molecule has 1 saturated heterocycles. The molecule has 1 aliphatic carbocycles. The van der Waals surface area contributed by atoms with Crippen LogP contribution >= 0.6 is 0 Å². The Morgan fingerprint density at radius 2 is 2.00 bits per heavy atom. The molecule has 4 rings (SSSR count). The highest BCUT2D eigenvalue weighted by Crippen LogP contribution is 2.41. The number of amides is 3. The fraction of sp³-hybridized carbons (Fsp3) is 0.556. The van der Waals surface area contributed by atoms with Crippen LogP contribution in [0, 0.1) is 11.8 Å². The van der Waals surface area contributed by atoms with E-state index in [1.54, 1.807) is 4.90 Å². The fourth-order valence-electron chi connectivity index (χ4n) is 3.79. The van der Waals surface area contributed by atoms with Crippen LogP contribution in [0.5, 0.6) is 0 Å². The number of benzene rings is 1. The third kappa shape index (κ3) is 2.80. The molecule has 1 saturated carbocycles. The van der Waals surface area contributed by atoms with Crippen molar-refractivity contribution < 1.29 is 9.59 Å². The van der Waals surface area contributed by atoms with Crippen LogP contribution in [-0.2, 0) is 6.42 Å². The van der Waals surface area contributed by atoms with Gasteiger partial charge in [-0.1, -0.05) is 6.07 Å². The van der Waals surface area contributed by atoms with Crippen LogP contribution in [0.2, 0.25) is 0 Å². The number of nitrogens with one attached hydrogen (secondary N) is 1. The number of likely N-dealkylation sites (tertiary alicyclic amines) is 1. The van der Waals surface area contributed by atoms with E-state index in [1.807, 2.05) is 30.1 Å². The maximum absolute atomic E-state index is 12.4. The molecule has 0 bridgehead atoms. The Bertz CT molecular complexity index is 654. The number of likely N-dealkylation sites (N-methyl/N-ethyl adjacent to an activating group) is 1. The molecule has 1 aromatic rings. The zero-order valence-corrected chi connectivity index (χ0v) is 13.5. The second-order valence-corrected chi connectivity index (χ2v) is 7.11. The van der Waals surface area contributed by atoms with Gasteiger partial charge in [-0.15, -0.1) is 0 Å². The van der Waals surface area contributed by atoms with Gasteiger partial charge in [-0.25, -0.2) is 4.79 Å². The van der Waals surface area contributed by atoms with Crippen LogP contribution in [0.3, 0.4) is 0 Å². The van der Waals surface area contributed by atoms with Gasteiger partial charge in [0.15, 0.2) is 0 Å². The van der Waals surface area contributed by atoms with Gasteiger partial charge < -0.3 is 15.1 Å². The molecule has 0 spiro atoms. The molecule has 0 aromatic heterocycles. The van der Waals surface area contributed by atoms with E-state index < -0.39 is 0 Å². The maximum atomic E-state index is 12.4. The molecule has 3 amide bonds. The van der Waals surface area contributed by atoms with E-state index in [4.69, 9.17) is 0 Å². The first kappa shape index (κ1) is 14.5. The van der Waals surface area contributed by atoms with Crippen molar-refractivity contribution in [3.63, 3.8) is 0 Å². The van der Waals surface area contributed by atoms with Gasteiger partial charge in [-0.2, -0.15) is 0 Å². The maximum Gasteiger partial charge on any atom is 0.321 e. The molecule has 5 nitrogen and oxygen atoms in total. The molecule has 1 unspecified atom stereocenters. The van der Waals surface area contributed by atoms with Crippen molar-refractivity contribution >= 4 is 17.6 Å². The zero-order valence-electron chi connectivity index (χ0n) is 13.5. The van der Waals surface area contributed by atoms with Crippen LogP contribution in [0.25, 0.3) is 0 Å². The Labute approximate surface area is 136 Å². The monoisotopic (exact) mass is 313 g/mol. The Morgan fingerprint density at radius 3 is 2.78 bits per heavy atom. The van der Waals surface area contributed by atoms with Gasteiger partial charge in [-0.05, 0) is 55.2 Å². The summed E-state index contributed by atoms with van der Waals surface area (Å²) in [4.78, 5) is 28.3. The molecule has 0 radical (unpaired) electrons. The Kier molecular flexibility index (Phi) is 3.51. The van der Waals surface area contributed by atoms with Crippen molar-refractivity contribution in [1.82, 2.24) is 9.80 Å². The van der Waals surface area contributed by atoms with Crippen molar-refractivity contribution in [3.05, 3.63) is 29.3 Å². The molecule has 23 heavy (non-hydrogen) atoms. The van der Waals surface area contributed by atoms with Gasteiger partial charge in [0.1, 0.15) is 0 Å². The average Bonchev–Trinajstić information content (AvgIpc) is 3.28. The van der Waals surface area contributed by atoms with E-state index in [1.165, 1.54) is 12.8 Å². The highest BCUT2D eigenvalue weighted by molar-refractivity contribution is 5.99. The summed E-state index contributed by atoms with van der Waals surface area (Å²) in [7, 11) is 1.82. The summed E-state index contributed by atoms with van der Waals surface area (Å²) in [5.74, 6) is 1.58. The minimum absolute atomic E-state index is 0.0373. The summed E-state index contributed by atoms with van der Waals surface area (Å²) in [6.45, 7) is 2.48. The van der Waals surface area contributed by atoms with E-state index in [0.717, 1.165) is 44.0 Å².